The lowest BCUT2D eigenvalue weighted by molar-refractivity contribution is -0.0498. The van der Waals surface area contributed by atoms with Crippen molar-refractivity contribution in [3.63, 3.8) is 0 Å². The first-order chi connectivity index (χ1) is 16.0. The Morgan fingerprint density at radius 3 is 1.38 bits per heavy atom. The summed E-state index contributed by atoms with van der Waals surface area (Å²) < 4.78 is 87.1. The fourth-order valence-corrected chi connectivity index (χ4v) is 10.4. The second-order valence-corrected chi connectivity index (χ2v) is 14.5. The number of unbranched alkanes of at least 4 members (excludes halogenated alkanes) is 1. The molecule has 0 spiro atoms. The third kappa shape index (κ3) is 6.05. The molecule has 0 aromatic heterocycles. The second kappa shape index (κ2) is 10.6. The van der Waals surface area contributed by atoms with Crippen molar-refractivity contribution < 1.29 is 33.6 Å². The van der Waals surface area contributed by atoms with Crippen LogP contribution >= 0.6 is 7.26 Å². The lowest BCUT2D eigenvalue weighted by Crippen LogP contribution is -2.33. The Morgan fingerprint density at radius 2 is 1.03 bits per heavy atom. The molecule has 0 radical (unpaired) electrons. The van der Waals surface area contributed by atoms with Gasteiger partial charge in [0.1, 0.15) is 23.2 Å². The highest BCUT2D eigenvalue weighted by Gasteiger charge is 2.50. The summed E-state index contributed by atoms with van der Waals surface area (Å²) in [6.07, 6.45) is 0.789. The van der Waals surface area contributed by atoms with E-state index in [9.17, 15) is 30.0 Å². The summed E-state index contributed by atoms with van der Waals surface area (Å²) in [6, 6.07) is 29.4. The second-order valence-electron chi connectivity index (χ2n) is 7.48. The van der Waals surface area contributed by atoms with Crippen molar-refractivity contribution in [2.45, 2.75) is 18.3 Å². The van der Waals surface area contributed by atoms with Crippen molar-refractivity contribution in [2.24, 2.45) is 0 Å². The van der Waals surface area contributed by atoms with Crippen LogP contribution in [0.25, 0.3) is 0 Å². The van der Waals surface area contributed by atoms with Gasteiger partial charge in [-0.25, -0.2) is 0 Å². The SMILES string of the molecule is O=S(=O)(CCCC[P+](c1ccccc1)(c1ccccc1)c1ccccc1)OS(=O)(=O)C(F)(F)F. The number of benzene rings is 3. The highest BCUT2D eigenvalue weighted by Crippen LogP contribution is 2.55. The molecule has 0 saturated carbocycles. The molecule has 3 aromatic rings. The molecule has 11 heteroatoms. The molecule has 0 heterocycles. The fourth-order valence-electron chi connectivity index (χ4n) is 3.72. The fraction of sp³-hybridized carbons (Fsp3) is 0.217. The molecular weight excluding hydrogens is 508 g/mol. The molecule has 0 aliphatic heterocycles. The van der Waals surface area contributed by atoms with Gasteiger partial charge < -0.3 is 0 Å². The Balaban J connectivity index is 1.89. The number of hydrogen-bond donors (Lipinski definition) is 0. The number of hydrogen-bond acceptors (Lipinski definition) is 5. The Labute approximate surface area is 198 Å². The molecule has 0 aliphatic carbocycles. The van der Waals surface area contributed by atoms with Gasteiger partial charge in [-0.05, 0) is 49.2 Å². The van der Waals surface area contributed by atoms with Gasteiger partial charge in [0.25, 0.3) is 10.1 Å². The van der Waals surface area contributed by atoms with Gasteiger partial charge in [0, 0.05) is 0 Å². The maximum absolute atomic E-state index is 12.5. The van der Waals surface area contributed by atoms with E-state index in [0.717, 1.165) is 15.9 Å². The molecule has 3 rings (SSSR count). The molecule has 0 fully saturated rings. The van der Waals surface area contributed by atoms with Crippen LogP contribution in [0.5, 0.6) is 0 Å². The Bertz CT molecular complexity index is 1190. The van der Waals surface area contributed by atoms with E-state index < -0.39 is 38.8 Å². The Kier molecular flexibility index (Phi) is 8.18. The average molecular weight is 532 g/mol. The van der Waals surface area contributed by atoms with E-state index >= 15 is 0 Å². The molecular formula is C23H23F3O5PS2+. The van der Waals surface area contributed by atoms with E-state index in [1.54, 1.807) is 0 Å². The minimum Gasteiger partial charge on any atom is -0.198 e. The molecule has 0 N–H and O–H groups in total. The van der Waals surface area contributed by atoms with Crippen LogP contribution in [0.4, 0.5) is 13.2 Å². The molecule has 0 bridgehead atoms. The topological polar surface area (TPSA) is 77.5 Å². The Morgan fingerprint density at radius 1 is 0.647 bits per heavy atom. The maximum atomic E-state index is 12.5. The molecule has 34 heavy (non-hydrogen) atoms. The molecule has 0 aliphatic rings. The van der Waals surface area contributed by atoms with E-state index in [-0.39, 0.29) is 6.42 Å². The lowest BCUT2D eigenvalue weighted by atomic mass is 10.3. The van der Waals surface area contributed by atoms with E-state index in [4.69, 9.17) is 0 Å². The molecule has 3 aromatic carbocycles. The van der Waals surface area contributed by atoms with Crippen LogP contribution in [0.2, 0.25) is 0 Å². The standard InChI is InChI=1S/C23H23F3O5PS2/c24-23(25,26)34(29,30)31-33(27,28)19-11-10-18-32(20-12-4-1-5-13-20,21-14-6-2-7-15-21)22-16-8-3-9-17-22/h1-9,12-17H,10-11,18-19H2/q+1. The highest BCUT2D eigenvalue weighted by molar-refractivity contribution is 8.00. The van der Waals surface area contributed by atoms with Gasteiger partial charge in [0.05, 0.1) is 11.9 Å². The van der Waals surface area contributed by atoms with E-state index in [0.29, 0.717) is 12.6 Å². The van der Waals surface area contributed by atoms with Crippen molar-refractivity contribution in [3.05, 3.63) is 91.0 Å². The van der Waals surface area contributed by atoms with Crippen LogP contribution in [0, 0.1) is 0 Å². The van der Waals surface area contributed by atoms with Crippen LogP contribution in [-0.2, 0) is 23.9 Å². The first-order valence-corrected chi connectivity index (χ1v) is 15.2. The van der Waals surface area contributed by atoms with Crippen LogP contribution in [0.1, 0.15) is 12.8 Å². The molecule has 0 saturated heterocycles. The summed E-state index contributed by atoms with van der Waals surface area (Å²) in [5.41, 5.74) is -5.81. The predicted octanol–water partition coefficient (Wildman–Crippen LogP) is 3.96. The average Bonchev–Trinajstić information content (AvgIpc) is 2.80. The minimum absolute atomic E-state index is 0.0655. The van der Waals surface area contributed by atoms with Crippen molar-refractivity contribution in [2.75, 3.05) is 11.9 Å². The van der Waals surface area contributed by atoms with Gasteiger partial charge in [-0.2, -0.15) is 30.0 Å². The lowest BCUT2D eigenvalue weighted by Gasteiger charge is -2.27. The van der Waals surface area contributed by atoms with Gasteiger partial charge in [-0.1, -0.05) is 54.6 Å². The van der Waals surface area contributed by atoms with Crippen LogP contribution < -0.4 is 15.9 Å². The monoisotopic (exact) mass is 531 g/mol. The number of alkyl halides is 3. The minimum atomic E-state index is -6.23. The summed E-state index contributed by atoms with van der Waals surface area (Å²) in [7, 11) is -13.4. The van der Waals surface area contributed by atoms with E-state index in [1.807, 2.05) is 91.0 Å². The molecule has 182 valence electrons. The van der Waals surface area contributed by atoms with E-state index in [2.05, 4.69) is 3.63 Å². The first kappa shape index (κ1) is 26.3. The highest BCUT2D eigenvalue weighted by atomic mass is 32.3. The molecule has 0 unspecified atom stereocenters. The molecule has 0 atom stereocenters. The summed E-state index contributed by atoms with van der Waals surface area (Å²) in [6.45, 7) is 0. The quantitative estimate of drug-likeness (QED) is 0.225. The number of rotatable bonds is 10. The van der Waals surface area contributed by atoms with Gasteiger partial charge >= 0.3 is 15.6 Å². The van der Waals surface area contributed by atoms with Crippen LogP contribution in [0.3, 0.4) is 0 Å². The van der Waals surface area contributed by atoms with Crippen LogP contribution in [-0.4, -0.2) is 34.3 Å². The Hall–Kier alpha value is -2.26. The normalized spacial score (nSPS) is 13.0. The van der Waals surface area contributed by atoms with Crippen molar-refractivity contribution in [3.8, 4) is 0 Å². The van der Waals surface area contributed by atoms with Gasteiger partial charge in [0.2, 0.25) is 0 Å². The number of halogens is 3. The zero-order chi connectivity index (χ0) is 24.9. The zero-order valence-electron chi connectivity index (χ0n) is 17.9. The summed E-state index contributed by atoms with van der Waals surface area (Å²) in [5.74, 6) is -0.847. The predicted molar refractivity (Wildman–Crippen MR) is 129 cm³/mol. The van der Waals surface area contributed by atoms with Gasteiger partial charge in [-0.15, -0.1) is 3.63 Å². The third-order valence-corrected chi connectivity index (χ3v) is 12.6. The largest absolute Gasteiger partial charge is 0.524 e. The van der Waals surface area contributed by atoms with Crippen LogP contribution in [0.15, 0.2) is 91.0 Å². The summed E-state index contributed by atoms with van der Waals surface area (Å²) >= 11 is 0. The summed E-state index contributed by atoms with van der Waals surface area (Å²) in [5, 5.41) is 3.23. The first-order valence-electron chi connectivity index (χ1n) is 10.3. The zero-order valence-corrected chi connectivity index (χ0v) is 20.5. The third-order valence-electron chi connectivity index (χ3n) is 5.21. The van der Waals surface area contributed by atoms with Crippen molar-refractivity contribution in [1.29, 1.82) is 0 Å². The van der Waals surface area contributed by atoms with Crippen molar-refractivity contribution >= 4 is 43.4 Å². The maximum Gasteiger partial charge on any atom is 0.524 e. The smallest absolute Gasteiger partial charge is 0.198 e. The van der Waals surface area contributed by atoms with Gasteiger partial charge in [-0.3, -0.25) is 0 Å². The molecule has 0 amide bonds. The van der Waals surface area contributed by atoms with Gasteiger partial charge in [0.15, 0.2) is 0 Å². The van der Waals surface area contributed by atoms with Crippen molar-refractivity contribution in [1.82, 2.24) is 0 Å². The van der Waals surface area contributed by atoms with E-state index in [1.165, 1.54) is 0 Å². The summed E-state index contributed by atoms with van der Waals surface area (Å²) in [4.78, 5) is 0. The molecule has 5 nitrogen and oxygen atoms in total.